The number of carbonyl (C=O) groups excluding carboxylic acids is 2. The van der Waals surface area contributed by atoms with Crippen LogP contribution in [0.1, 0.15) is 27.1 Å². The van der Waals surface area contributed by atoms with Crippen LogP contribution in [0.25, 0.3) is 0 Å². The minimum absolute atomic E-state index is 0. The van der Waals surface area contributed by atoms with Crippen LogP contribution in [0.15, 0.2) is 88.7 Å². The molecule has 3 aromatic rings. The average Bonchev–Trinajstić information content (AvgIpc) is 2.88. The van der Waals surface area contributed by atoms with Crippen LogP contribution in [-0.4, -0.2) is 59.1 Å². The van der Waals surface area contributed by atoms with E-state index in [1.807, 2.05) is 65.6 Å². The molecule has 1 fully saturated rings. The Bertz CT molecular complexity index is 1170. The lowest BCUT2D eigenvalue weighted by Gasteiger charge is -2.34. The first-order valence-corrected chi connectivity index (χ1v) is 11.9. The summed E-state index contributed by atoms with van der Waals surface area (Å²) in [5, 5.41) is 11.6. The lowest BCUT2D eigenvalue weighted by molar-refractivity contribution is -0.385. The molecule has 0 aliphatic carbocycles. The highest BCUT2D eigenvalue weighted by Gasteiger charge is 2.24. The van der Waals surface area contributed by atoms with Gasteiger partial charge >= 0.3 is 0 Å². The van der Waals surface area contributed by atoms with Gasteiger partial charge in [0.25, 0.3) is 11.6 Å². The number of nitrogens with zero attached hydrogens (tertiary/aromatic N) is 3. The molecule has 1 saturated heterocycles. The number of Topliss-reactive ketones (excluding diaryl/α,β-unsaturated/α-hetero) is 1. The maximum Gasteiger partial charge on any atom is 0.281 e. The quantitative estimate of drug-likeness (QED) is 0.207. The van der Waals surface area contributed by atoms with Gasteiger partial charge in [-0.2, -0.15) is 0 Å². The van der Waals surface area contributed by atoms with Crippen molar-refractivity contribution in [3.8, 4) is 0 Å². The van der Waals surface area contributed by atoms with Gasteiger partial charge in [0.15, 0.2) is 5.78 Å². The van der Waals surface area contributed by atoms with E-state index in [4.69, 9.17) is 0 Å². The van der Waals surface area contributed by atoms with Gasteiger partial charge in [0.05, 0.1) is 10.5 Å². The molecule has 0 bridgehead atoms. The maximum absolute atomic E-state index is 12.8. The summed E-state index contributed by atoms with van der Waals surface area (Å²) >= 11 is 1.42. The molecule has 10 heteroatoms. The Morgan fingerprint density at radius 2 is 1.44 bits per heavy atom. The highest BCUT2D eigenvalue weighted by Crippen LogP contribution is 2.32. The van der Waals surface area contributed by atoms with Gasteiger partial charge in [-0.05, 0) is 36.4 Å². The maximum atomic E-state index is 12.8. The minimum Gasteiger partial charge on any atom is -0.336 e. The molecule has 0 radical (unpaired) electrons. The zero-order valence-electron chi connectivity index (χ0n) is 19.4. The van der Waals surface area contributed by atoms with Crippen molar-refractivity contribution in [3.05, 3.63) is 100 Å². The molecule has 1 heterocycles. The SMILES string of the molecule is Cl.Cl.O=C(CCN1CCN(C(=O)c2ccccc2)CC1)c1ccc(Sc2ccccc2)cc1[N+](=O)[O-]. The number of nitro benzene ring substituents is 1. The van der Waals surface area contributed by atoms with E-state index in [-0.39, 0.29) is 54.2 Å². The molecule has 1 aliphatic rings. The molecule has 0 saturated carbocycles. The molecule has 0 N–H and O–H groups in total. The number of nitro groups is 1. The van der Waals surface area contributed by atoms with E-state index in [1.165, 1.54) is 17.8 Å². The molecule has 7 nitrogen and oxygen atoms in total. The third kappa shape index (κ3) is 7.54. The topological polar surface area (TPSA) is 83.8 Å². The summed E-state index contributed by atoms with van der Waals surface area (Å²) in [6.07, 6.45) is 0.193. The van der Waals surface area contributed by atoms with Crippen LogP contribution in [-0.2, 0) is 0 Å². The summed E-state index contributed by atoms with van der Waals surface area (Å²) in [7, 11) is 0. The molecule has 36 heavy (non-hydrogen) atoms. The highest BCUT2D eigenvalue weighted by atomic mass is 35.5. The molecule has 0 spiro atoms. The summed E-state index contributed by atoms with van der Waals surface area (Å²) in [6.45, 7) is 3.02. The predicted molar refractivity (Wildman–Crippen MR) is 146 cm³/mol. The van der Waals surface area contributed by atoms with Gasteiger partial charge in [-0.1, -0.05) is 48.2 Å². The summed E-state index contributed by atoms with van der Waals surface area (Å²) in [5.74, 6) is -0.230. The summed E-state index contributed by atoms with van der Waals surface area (Å²) in [6, 6.07) is 23.6. The monoisotopic (exact) mass is 547 g/mol. The van der Waals surface area contributed by atoms with Crippen LogP contribution < -0.4 is 0 Å². The minimum atomic E-state index is -0.490. The second-order valence-corrected chi connectivity index (χ2v) is 9.17. The van der Waals surface area contributed by atoms with E-state index >= 15 is 0 Å². The lowest BCUT2D eigenvalue weighted by atomic mass is 10.1. The van der Waals surface area contributed by atoms with Gasteiger partial charge in [-0.25, -0.2) is 0 Å². The van der Waals surface area contributed by atoms with Crippen molar-refractivity contribution in [2.45, 2.75) is 16.2 Å². The number of piperazine rings is 1. The Labute approximate surface area is 226 Å². The number of rotatable bonds is 8. The van der Waals surface area contributed by atoms with Crippen molar-refractivity contribution >= 4 is 54.0 Å². The van der Waals surface area contributed by atoms with Gasteiger partial charge in [0.1, 0.15) is 0 Å². The number of hydrogen-bond donors (Lipinski definition) is 0. The standard InChI is InChI=1S/C26H25N3O4S.2ClH/c30-25(13-14-27-15-17-28(18-16-27)26(31)20-7-3-1-4-8-20)23-12-11-22(19-24(23)29(32)33)34-21-9-5-2-6-10-21;;/h1-12,19H,13-18H2;2*1H. The van der Waals surface area contributed by atoms with Crippen molar-refractivity contribution < 1.29 is 14.5 Å². The fraction of sp³-hybridized carbons (Fsp3) is 0.231. The third-order valence-electron chi connectivity index (χ3n) is 5.78. The molecule has 1 aliphatic heterocycles. The molecule has 0 atom stereocenters. The predicted octanol–water partition coefficient (Wildman–Crippen LogP) is 5.62. The lowest BCUT2D eigenvalue weighted by Crippen LogP contribution is -2.49. The Balaban J connectivity index is 0.00000228. The van der Waals surface area contributed by atoms with Crippen molar-refractivity contribution in [2.24, 2.45) is 0 Å². The largest absolute Gasteiger partial charge is 0.336 e. The van der Waals surface area contributed by atoms with E-state index in [2.05, 4.69) is 4.90 Å². The summed E-state index contributed by atoms with van der Waals surface area (Å²) in [5.41, 5.74) is 0.650. The van der Waals surface area contributed by atoms with E-state index in [1.54, 1.807) is 12.1 Å². The van der Waals surface area contributed by atoms with Gasteiger partial charge in [0, 0.05) is 60.6 Å². The van der Waals surface area contributed by atoms with Crippen LogP contribution in [0.2, 0.25) is 0 Å². The molecule has 4 rings (SSSR count). The molecule has 1 amide bonds. The first kappa shape index (κ1) is 29.3. The molecule has 0 aromatic heterocycles. The Kier molecular flexibility index (Phi) is 11.4. The molecule has 3 aromatic carbocycles. The molecular formula is C26H27Cl2N3O4S. The molecular weight excluding hydrogens is 521 g/mol. The van der Waals surface area contributed by atoms with Crippen LogP contribution in [0, 0.1) is 10.1 Å². The second kappa shape index (κ2) is 14.0. The van der Waals surface area contributed by atoms with Gasteiger partial charge in [-0.15, -0.1) is 24.8 Å². The smallest absolute Gasteiger partial charge is 0.281 e. The first-order valence-electron chi connectivity index (χ1n) is 11.1. The second-order valence-electron chi connectivity index (χ2n) is 8.02. The zero-order valence-corrected chi connectivity index (χ0v) is 21.9. The van der Waals surface area contributed by atoms with Crippen LogP contribution >= 0.6 is 36.6 Å². The Morgan fingerprint density at radius 1 is 0.833 bits per heavy atom. The van der Waals surface area contributed by atoms with Crippen LogP contribution in [0.4, 0.5) is 5.69 Å². The van der Waals surface area contributed by atoms with Crippen molar-refractivity contribution in [2.75, 3.05) is 32.7 Å². The normalized spacial score (nSPS) is 13.3. The summed E-state index contributed by atoms with van der Waals surface area (Å²) < 4.78 is 0. The average molecular weight is 548 g/mol. The Hall–Kier alpha value is -2.91. The van der Waals surface area contributed by atoms with Crippen molar-refractivity contribution in [1.82, 2.24) is 9.80 Å². The van der Waals surface area contributed by atoms with Crippen molar-refractivity contribution in [1.29, 1.82) is 0 Å². The van der Waals surface area contributed by atoms with E-state index in [0.717, 1.165) is 4.90 Å². The number of halogens is 2. The number of carbonyl (C=O) groups is 2. The zero-order chi connectivity index (χ0) is 23.9. The van der Waals surface area contributed by atoms with Gasteiger partial charge < -0.3 is 4.90 Å². The molecule has 0 unspecified atom stereocenters. The van der Waals surface area contributed by atoms with Crippen LogP contribution in [0.5, 0.6) is 0 Å². The number of amides is 1. The van der Waals surface area contributed by atoms with E-state index < -0.39 is 4.92 Å². The number of benzene rings is 3. The Morgan fingerprint density at radius 3 is 2.06 bits per heavy atom. The van der Waals surface area contributed by atoms with E-state index in [0.29, 0.717) is 43.2 Å². The number of hydrogen-bond acceptors (Lipinski definition) is 6. The fourth-order valence-corrected chi connectivity index (χ4v) is 4.79. The highest BCUT2D eigenvalue weighted by molar-refractivity contribution is 7.99. The molecule has 190 valence electrons. The van der Waals surface area contributed by atoms with E-state index in [9.17, 15) is 19.7 Å². The third-order valence-corrected chi connectivity index (χ3v) is 6.78. The first-order chi connectivity index (χ1) is 16.5. The fourth-order valence-electron chi connectivity index (χ4n) is 3.92. The van der Waals surface area contributed by atoms with Gasteiger partial charge in [-0.3, -0.25) is 24.6 Å². The van der Waals surface area contributed by atoms with Crippen LogP contribution in [0.3, 0.4) is 0 Å². The summed E-state index contributed by atoms with van der Waals surface area (Å²) in [4.78, 5) is 42.2. The van der Waals surface area contributed by atoms with Gasteiger partial charge in [0.2, 0.25) is 0 Å². The van der Waals surface area contributed by atoms with Crippen molar-refractivity contribution in [3.63, 3.8) is 0 Å². The number of ketones is 1.